The van der Waals surface area contributed by atoms with Crippen molar-refractivity contribution in [1.82, 2.24) is 10.2 Å². The lowest BCUT2D eigenvalue weighted by Crippen LogP contribution is -2.50. The summed E-state index contributed by atoms with van der Waals surface area (Å²) in [6.07, 6.45) is 3.58. The van der Waals surface area contributed by atoms with E-state index in [4.69, 9.17) is 5.73 Å². The Morgan fingerprint density at radius 2 is 1.80 bits per heavy atom. The first-order valence-electron chi connectivity index (χ1n) is 6.44. The first kappa shape index (κ1) is 12.9. The van der Waals surface area contributed by atoms with Crippen molar-refractivity contribution >= 4 is 0 Å². The summed E-state index contributed by atoms with van der Waals surface area (Å²) >= 11 is 0. The number of hydrogen-bond donors (Lipinski definition) is 2. The van der Waals surface area contributed by atoms with Crippen LogP contribution in [0.15, 0.2) is 0 Å². The highest BCUT2D eigenvalue weighted by Crippen LogP contribution is 2.22. The van der Waals surface area contributed by atoms with Gasteiger partial charge in [-0.2, -0.15) is 0 Å². The number of nitrogens with one attached hydrogen (secondary N) is 1. The maximum atomic E-state index is 6.13. The van der Waals surface area contributed by atoms with Gasteiger partial charge in [0, 0.05) is 18.1 Å². The van der Waals surface area contributed by atoms with Crippen LogP contribution in [0.4, 0.5) is 0 Å². The predicted octanol–water partition coefficient (Wildman–Crippen LogP) is 1.19. The summed E-state index contributed by atoms with van der Waals surface area (Å²) in [7, 11) is 0. The third-order valence-electron chi connectivity index (χ3n) is 3.54. The Bertz CT molecular complexity index is 168. The largest absolute Gasteiger partial charge is 0.328 e. The van der Waals surface area contributed by atoms with Gasteiger partial charge < -0.3 is 16.0 Å². The van der Waals surface area contributed by atoms with E-state index in [1.807, 2.05) is 0 Å². The molecule has 0 aliphatic heterocycles. The minimum Gasteiger partial charge on any atom is -0.328 e. The molecule has 1 rings (SSSR count). The third-order valence-corrected chi connectivity index (χ3v) is 3.54. The lowest BCUT2D eigenvalue weighted by atomic mass is 9.86. The van der Waals surface area contributed by atoms with Crippen molar-refractivity contribution in [3.05, 3.63) is 0 Å². The number of hydrogen-bond acceptors (Lipinski definition) is 3. The Hall–Kier alpha value is -0.120. The summed E-state index contributed by atoms with van der Waals surface area (Å²) in [4.78, 5) is 2.54. The molecule has 0 aromatic heterocycles. The van der Waals surface area contributed by atoms with Crippen LogP contribution in [-0.4, -0.2) is 42.7 Å². The van der Waals surface area contributed by atoms with Crippen molar-refractivity contribution in [3.63, 3.8) is 0 Å². The van der Waals surface area contributed by atoms with E-state index in [1.54, 1.807) is 0 Å². The van der Waals surface area contributed by atoms with Crippen LogP contribution < -0.4 is 11.1 Å². The van der Waals surface area contributed by atoms with Gasteiger partial charge in [0.2, 0.25) is 0 Å². The molecule has 1 fully saturated rings. The fourth-order valence-corrected chi connectivity index (χ4v) is 2.83. The first-order chi connectivity index (χ1) is 7.21. The lowest BCUT2D eigenvalue weighted by molar-refractivity contribution is 0.142. The Kier molecular flexibility index (Phi) is 5.58. The van der Waals surface area contributed by atoms with Gasteiger partial charge in [0.25, 0.3) is 0 Å². The van der Waals surface area contributed by atoms with Crippen molar-refractivity contribution in [1.29, 1.82) is 0 Å². The zero-order valence-electron chi connectivity index (χ0n) is 10.5. The van der Waals surface area contributed by atoms with Crippen LogP contribution in [0.5, 0.6) is 0 Å². The summed E-state index contributed by atoms with van der Waals surface area (Å²) in [5.41, 5.74) is 6.13. The van der Waals surface area contributed by atoms with Crippen molar-refractivity contribution in [2.45, 2.75) is 58.2 Å². The van der Waals surface area contributed by atoms with E-state index in [1.165, 1.54) is 12.8 Å². The monoisotopic (exact) mass is 213 g/mol. The third kappa shape index (κ3) is 3.74. The summed E-state index contributed by atoms with van der Waals surface area (Å²) in [6.45, 7) is 10.0. The molecule has 15 heavy (non-hydrogen) atoms. The maximum Gasteiger partial charge on any atom is 0.0125 e. The van der Waals surface area contributed by atoms with Crippen LogP contribution in [0, 0.1) is 0 Å². The Balaban J connectivity index is 2.50. The smallest absolute Gasteiger partial charge is 0.0125 e. The normalized spacial score (nSPS) is 32.2. The van der Waals surface area contributed by atoms with Gasteiger partial charge in [-0.15, -0.1) is 0 Å². The molecule has 0 amide bonds. The number of nitrogens with two attached hydrogens (primary N) is 1. The van der Waals surface area contributed by atoms with Crippen molar-refractivity contribution < 1.29 is 0 Å². The van der Waals surface area contributed by atoms with Crippen LogP contribution in [0.2, 0.25) is 0 Å². The quantitative estimate of drug-likeness (QED) is 0.721. The standard InChI is InChI=1S/C12H27N3/c1-4-14-11-7-10(13)8-12(9-11)15(5-2)6-3/h10-12,14H,4-9,13H2,1-3H3/t10-,11+,12-/m1/s1. The molecule has 0 unspecified atom stereocenters. The molecule has 0 bridgehead atoms. The van der Waals surface area contributed by atoms with Gasteiger partial charge in [-0.05, 0) is 38.9 Å². The zero-order valence-corrected chi connectivity index (χ0v) is 10.5. The maximum absolute atomic E-state index is 6.13. The highest BCUT2D eigenvalue weighted by molar-refractivity contribution is 4.89. The van der Waals surface area contributed by atoms with Gasteiger partial charge in [0.15, 0.2) is 0 Å². The molecule has 0 saturated heterocycles. The van der Waals surface area contributed by atoms with Crippen LogP contribution >= 0.6 is 0 Å². The molecule has 0 aromatic carbocycles. The van der Waals surface area contributed by atoms with Gasteiger partial charge in [0.1, 0.15) is 0 Å². The topological polar surface area (TPSA) is 41.3 Å². The van der Waals surface area contributed by atoms with E-state index in [-0.39, 0.29) is 0 Å². The van der Waals surface area contributed by atoms with Crippen molar-refractivity contribution in [3.8, 4) is 0 Å². The summed E-state index contributed by atoms with van der Waals surface area (Å²) in [5, 5.41) is 3.54. The molecule has 0 radical (unpaired) electrons. The van der Waals surface area contributed by atoms with E-state index in [2.05, 4.69) is 31.0 Å². The Morgan fingerprint density at radius 1 is 1.13 bits per heavy atom. The van der Waals surface area contributed by atoms with Gasteiger partial charge in [-0.3, -0.25) is 0 Å². The van der Waals surface area contributed by atoms with Crippen LogP contribution in [0.1, 0.15) is 40.0 Å². The molecule has 1 saturated carbocycles. The lowest BCUT2D eigenvalue weighted by Gasteiger charge is -2.39. The molecule has 0 aromatic rings. The average Bonchev–Trinajstić information content (AvgIpc) is 2.19. The van der Waals surface area contributed by atoms with Crippen LogP contribution in [-0.2, 0) is 0 Å². The highest BCUT2D eigenvalue weighted by Gasteiger charge is 2.28. The van der Waals surface area contributed by atoms with Gasteiger partial charge >= 0.3 is 0 Å². The number of nitrogens with zero attached hydrogens (tertiary/aromatic N) is 1. The minimum atomic E-state index is 0.383. The minimum absolute atomic E-state index is 0.383. The fourth-order valence-electron chi connectivity index (χ4n) is 2.83. The Labute approximate surface area is 94.4 Å². The highest BCUT2D eigenvalue weighted by atomic mass is 15.2. The molecule has 1 aliphatic rings. The molecule has 3 N–H and O–H groups in total. The van der Waals surface area contributed by atoms with Gasteiger partial charge in [-0.1, -0.05) is 20.8 Å². The van der Waals surface area contributed by atoms with E-state index in [9.17, 15) is 0 Å². The molecule has 3 heteroatoms. The van der Waals surface area contributed by atoms with Crippen molar-refractivity contribution in [2.75, 3.05) is 19.6 Å². The van der Waals surface area contributed by atoms with Crippen LogP contribution in [0.25, 0.3) is 0 Å². The predicted molar refractivity (Wildman–Crippen MR) is 66.0 cm³/mol. The van der Waals surface area contributed by atoms with Crippen LogP contribution in [0.3, 0.4) is 0 Å². The SMILES string of the molecule is CCN[C@H]1C[C@@H](N)C[C@@H](N(CC)CC)C1. The first-order valence-corrected chi connectivity index (χ1v) is 6.44. The van der Waals surface area contributed by atoms with Crippen molar-refractivity contribution in [2.24, 2.45) is 5.73 Å². The Morgan fingerprint density at radius 3 is 2.33 bits per heavy atom. The van der Waals surface area contributed by atoms with E-state index < -0.39 is 0 Å². The second-order valence-electron chi connectivity index (χ2n) is 4.60. The van der Waals surface area contributed by atoms with E-state index >= 15 is 0 Å². The number of rotatable bonds is 5. The summed E-state index contributed by atoms with van der Waals surface area (Å²) in [6, 6.07) is 1.70. The summed E-state index contributed by atoms with van der Waals surface area (Å²) < 4.78 is 0. The molecule has 0 spiro atoms. The second-order valence-corrected chi connectivity index (χ2v) is 4.60. The molecule has 3 atom stereocenters. The molecule has 3 nitrogen and oxygen atoms in total. The van der Waals surface area contributed by atoms with E-state index in [0.29, 0.717) is 18.1 Å². The molecule has 1 aliphatic carbocycles. The fraction of sp³-hybridized carbons (Fsp3) is 1.00. The molecular formula is C12H27N3. The average molecular weight is 213 g/mol. The molecule has 0 heterocycles. The molecular weight excluding hydrogens is 186 g/mol. The second kappa shape index (κ2) is 6.46. The zero-order chi connectivity index (χ0) is 11.3. The van der Waals surface area contributed by atoms with Gasteiger partial charge in [-0.25, -0.2) is 0 Å². The van der Waals surface area contributed by atoms with E-state index in [0.717, 1.165) is 26.1 Å². The van der Waals surface area contributed by atoms with Gasteiger partial charge in [0.05, 0.1) is 0 Å². The summed E-state index contributed by atoms with van der Waals surface area (Å²) in [5.74, 6) is 0. The molecule has 90 valence electrons.